The number of carbonyl (C=O) groups is 7. The molecule has 0 saturated heterocycles. The van der Waals surface area contributed by atoms with Gasteiger partial charge in [-0.2, -0.15) is 13.1 Å². The molecule has 4 atom stereocenters. The van der Waals surface area contributed by atoms with Crippen LogP contribution in [0.5, 0.6) is 5.75 Å². The first kappa shape index (κ1) is 63.0. The zero-order valence-electron chi connectivity index (χ0n) is 44.0. The number of aromatic nitrogens is 3. The van der Waals surface area contributed by atoms with Gasteiger partial charge in [0, 0.05) is 41.8 Å². The van der Waals surface area contributed by atoms with Crippen LogP contribution in [0.25, 0.3) is 10.9 Å². The third-order valence-electron chi connectivity index (χ3n) is 11.4. The van der Waals surface area contributed by atoms with Crippen molar-refractivity contribution in [2.24, 2.45) is 17.2 Å². The Hall–Kier alpha value is -8.56. The molecule has 2 aromatic heterocycles. The van der Waals surface area contributed by atoms with Crippen molar-refractivity contribution in [1.82, 2.24) is 56.1 Å². The molecule has 0 aliphatic heterocycles. The molecule has 0 saturated carbocycles. The maximum Gasteiger partial charge on any atom is 0.297 e. The number of phenolic OH excluding ortho intramolecular Hbond substituents is 1. The number of imidazole rings is 1. The molecule has 0 aliphatic carbocycles. The molecule has 26 heteroatoms. The summed E-state index contributed by atoms with van der Waals surface area (Å²) in [5, 5.41) is 22.5. The normalized spacial score (nSPS) is 12.4. The van der Waals surface area contributed by atoms with Gasteiger partial charge in [0.2, 0.25) is 35.4 Å². The molecular formula is C53H69FN14O10S. The van der Waals surface area contributed by atoms with Crippen LogP contribution >= 0.6 is 0 Å². The summed E-state index contributed by atoms with van der Waals surface area (Å²) in [6, 6.07) is 22.7. The van der Waals surface area contributed by atoms with Crippen molar-refractivity contribution in [2.45, 2.75) is 83.6 Å². The van der Waals surface area contributed by atoms with Crippen LogP contribution in [-0.4, -0.2) is 125 Å². The van der Waals surface area contributed by atoms with Crippen molar-refractivity contribution in [3.05, 3.63) is 156 Å². The van der Waals surface area contributed by atoms with Crippen molar-refractivity contribution in [1.29, 1.82) is 0 Å². The molecular weight excluding hydrogens is 1040 g/mol. The monoisotopic (exact) mass is 1110 g/mol. The molecule has 7 amide bonds. The Kier molecular flexibility index (Phi) is 25.7. The van der Waals surface area contributed by atoms with E-state index >= 15 is 0 Å². The van der Waals surface area contributed by atoms with Gasteiger partial charge in [-0.25, -0.2) is 9.37 Å². The highest BCUT2D eigenvalue weighted by Crippen LogP contribution is 2.20. The highest BCUT2D eigenvalue weighted by molar-refractivity contribution is 7.87. The zero-order valence-corrected chi connectivity index (χ0v) is 44.8. The number of nitrogens with two attached hydrogens (primary N) is 3. The molecule has 2 heterocycles. The number of phenols is 1. The number of amides is 7. The lowest BCUT2D eigenvalue weighted by molar-refractivity contribution is -0.134. The van der Waals surface area contributed by atoms with E-state index in [1.165, 1.54) is 62.1 Å². The van der Waals surface area contributed by atoms with Crippen LogP contribution in [-0.2, 0) is 69.6 Å². The van der Waals surface area contributed by atoms with E-state index in [1.807, 2.05) is 22.9 Å². The van der Waals surface area contributed by atoms with Crippen molar-refractivity contribution < 1.29 is 51.5 Å². The summed E-state index contributed by atoms with van der Waals surface area (Å²) in [5.41, 5.74) is 22.3. The van der Waals surface area contributed by atoms with E-state index in [0.29, 0.717) is 32.1 Å². The number of H-pyrrole nitrogens is 2. The van der Waals surface area contributed by atoms with E-state index in [9.17, 15) is 51.5 Å². The summed E-state index contributed by atoms with van der Waals surface area (Å²) >= 11 is 0. The topological polar surface area (TPSA) is 384 Å². The fourth-order valence-electron chi connectivity index (χ4n) is 7.11. The van der Waals surface area contributed by atoms with E-state index in [2.05, 4.69) is 72.9 Å². The molecule has 0 radical (unpaired) electrons. The third kappa shape index (κ3) is 22.5. The molecule has 24 nitrogen and oxygen atoms in total. The smallest absolute Gasteiger partial charge is 0.297 e. The number of para-hydroxylation sites is 1. The van der Waals surface area contributed by atoms with Crippen molar-refractivity contribution in [3.8, 4) is 5.75 Å². The number of aryl methyl sites for hydroxylation is 1. The van der Waals surface area contributed by atoms with Gasteiger partial charge in [0.05, 0.1) is 38.5 Å². The quantitative estimate of drug-likeness (QED) is 0.0328. The number of unbranched alkanes of at least 4 members (excludes halogenated alkanes) is 1. The minimum Gasteiger partial charge on any atom is -0.508 e. The second kappa shape index (κ2) is 32.2. The Morgan fingerprint density at radius 1 is 0.734 bits per heavy atom. The first-order valence-electron chi connectivity index (χ1n) is 25.0. The minimum atomic E-state index is -4.75. The lowest BCUT2D eigenvalue weighted by Gasteiger charge is -2.26. The predicted octanol–water partition coefficient (Wildman–Crippen LogP) is 0.391. The predicted molar refractivity (Wildman–Crippen MR) is 293 cm³/mol. The average molecular weight is 1110 g/mol. The second-order valence-corrected chi connectivity index (χ2v) is 19.6. The van der Waals surface area contributed by atoms with Crippen LogP contribution in [0.15, 0.2) is 122 Å². The summed E-state index contributed by atoms with van der Waals surface area (Å²) in [6.07, 6.45) is 6.59. The molecule has 6 aromatic rings. The van der Waals surface area contributed by atoms with Gasteiger partial charge in [0.25, 0.3) is 16.1 Å². The van der Waals surface area contributed by atoms with E-state index in [-0.39, 0.29) is 30.6 Å². The number of nitrogens with zero attached hydrogens (tertiary/aromatic N) is 2. The largest absolute Gasteiger partial charge is 0.508 e. The number of rotatable bonds is 26. The third-order valence-corrected chi connectivity index (χ3v) is 12.7. The number of hydrogen-bond donors (Lipinski definition) is 13. The average Bonchev–Trinajstić information content (AvgIpc) is 4.12. The van der Waals surface area contributed by atoms with E-state index in [4.69, 9.17) is 17.2 Å². The van der Waals surface area contributed by atoms with Gasteiger partial charge in [-0.1, -0.05) is 96.1 Å². The van der Waals surface area contributed by atoms with E-state index in [1.54, 1.807) is 42.6 Å². The summed E-state index contributed by atoms with van der Waals surface area (Å²) in [4.78, 5) is 101. The highest BCUT2D eigenvalue weighted by atomic mass is 32.2. The number of aromatic hydroxyl groups is 1. The lowest BCUT2D eigenvalue weighted by Crippen LogP contribution is -2.59. The number of primary amides is 1. The standard InChI is InChI=1S/C42H50FN13O10S.C7H8.C4H11N/c1-24(39(61)55-56(22-26-6-10-28(43)11-7-26)67(65,66)51-21-37(59)48-19-36(45)58)52-41(63)34(15-27-17-47-33-5-3-2-4-31(27)33)54-42(64)35(16-29-18-46-23-50-29)53-38(60)20-49-40(62)32(44)14-25-8-12-30(57)13-9-25;1-7-5-3-2-4-6-7;1-2-3-4-5/h2-13,17-18,23-24,32,34-35,47,51,57H,14-16,19-22,44H2,1H3,(H2,45,58)(H,46,50)(H,48,59)(H,49,62)(H,52,63)(H,53,60)(H,54,64)(H,55,61);2-6H,1H3;2-5H2,1H3. The van der Waals surface area contributed by atoms with Gasteiger partial charge >= 0.3 is 0 Å². The molecule has 4 unspecified atom stereocenters. The second-order valence-electron chi connectivity index (χ2n) is 17.9. The molecule has 79 heavy (non-hydrogen) atoms. The van der Waals surface area contributed by atoms with Gasteiger partial charge in [-0.05, 0) is 80.3 Å². The van der Waals surface area contributed by atoms with Crippen LogP contribution < -0.4 is 53.9 Å². The zero-order chi connectivity index (χ0) is 57.9. The number of fused-ring (bicyclic) bond motifs is 1. The number of aromatic amines is 2. The SMILES string of the molecule is CC(NC(=O)C(Cc1c[nH]c2ccccc12)NC(=O)C(Cc1cnc[nH]1)NC(=O)CNC(=O)C(N)Cc1ccc(O)cc1)C(=O)NN(Cc1ccc(F)cc1)S(=O)(=O)NCC(=O)NCC(N)=O.CCCCN.Cc1ccccc1. The molecule has 16 N–H and O–H groups in total. The van der Waals surface area contributed by atoms with E-state index in [0.717, 1.165) is 18.7 Å². The first-order valence-corrected chi connectivity index (χ1v) is 26.4. The van der Waals surface area contributed by atoms with Crippen LogP contribution in [0.1, 0.15) is 54.6 Å². The molecule has 4 aromatic carbocycles. The van der Waals surface area contributed by atoms with Crippen molar-refractivity contribution in [2.75, 3.05) is 26.2 Å². The fourth-order valence-corrected chi connectivity index (χ4v) is 8.11. The van der Waals surface area contributed by atoms with Gasteiger partial charge in [0.15, 0.2) is 0 Å². The minimum absolute atomic E-state index is 0.0353. The van der Waals surface area contributed by atoms with Crippen LogP contribution in [0.2, 0.25) is 0 Å². The number of hydrazine groups is 1. The maximum atomic E-state index is 14.2. The Bertz CT molecular complexity index is 3020. The van der Waals surface area contributed by atoms with E-state index < -0.39 is 108 Å². The molecule has 0 aliphatic rings. The summed E-state index contributed by atoms with van der Waals surface area (Å²) in [7, 11) is -4.75. The number of carbonyl (C=O) groups excluding carboxylic acids is 7. The molecule has 6 rings (SSSR count). The first-order chi connectivity index (χ1) is 37.7. The Morgan fingerprint density at radius 3 is 1.99 bits per heavy atom. The fraction of sp³-hybridized carbons (Fsp3) is 0.321. The Morgan fingerprint density at radius 2 is 1.38 bits per heavy atom. The summed E-state index contributed by atoms with van der Waals surface area (Å²) < 4.78 is 43.0. The van der Waals surface area contributed by atoms with Crippen LogP contribution in [0, 0.1) is 12.7 Å². The molecule has 0 fully saturated rings. The summed E-state index contributed by atoms with van der Waals surface area (Å²) in [6.45, 7) is 3.69. The van der Waals surface area contributed by atoms with Crippen molar-refractivity contribution >= 4 is 62.5 Å². The molecule has 0 bridgehead atoms. The summed E-state index contributed by atoms with van der Waals surface area (Å²) in [5.74, 6) is -6.68. The maximum absolute atomic E-state index is 14.2. The van der Waals surface area contributed by atoms with Gasteiger partial charge in [-0.3, -0.25) is 39.0 Å². The lowest BCUT2D eigenvalue weighted by atomic mass is 10.0. The highest BCUT2D eigenvalue weighted by Gasteiger charge is 2.32. The molecule has 0 spiro atoms. The van der Waals surface area contributed by atoms with Crippen molar-refractivity contribution in [3.63, 3.8) is 0 Å². The van der Waals surface area contributed by atoms with Gasteiger partial charge in [0.1, 0.15) is 29.7 Å². The van der Waals surface area contributed by atoms with Crippen LogP contribution in [0.4, 0.5) is 4.39 Å². The van der Waals surface area contributed by atoms with Gasteiger partial charge < -0.3 is 58.9 Å². The Balaban J connectivity index is 0.000000995. The number of hydrogen-bond acceptors (Lipinski definition) is 13. The number of halogens is 1. The molecule has 424 valence electrons. The Labute approximate surface area is 456 Å². The number of nitrogens with one attached hydrogen (secondary N) is 9. The number of benzene rings is 4. The van der Waals surface area contributed by atoms with Crippen LogP contribution in [0.3, 0.4) is 0 Å². The van der Waals surface area contributed by atoms with Gasteiger partial charge in [-0.15, -0.1) is 0 Å².